The fourth-order valence-electron chi connectivity index (χ4n) is 1.96. The van der Waals surface area contributed by atoms with Gasteiger partial charge in [0.2, 0.25) is 5.91 Å². The minimum atomic E-state index is -0.991. The van der Waals surface area contributed by atoms with Crippen LogP contribution in [-0.2, 0) is 16.1 Å². The van der Waals surface area contributed by atoms with Crippen molar-refractivity contribution in [2.75, 3.05) is 13.6 Å². The van der Waals surface area contributed by atoms with Crippen molar-refractivity contribution in [3.8, 4) is 0 Å². The van der Waals surface area contributed by atoms with Gasteiger partial charge in [-0.3, -0.25) is 14.9 Å². The first-order valence-electron chi connectivity index (χ1n) is 6.99. The van der Waals surface area contributed by atoms with Gasteiger partial charge < -0.3 is 10.0 Å². The van der Waals surface area contributed by atoms with Crippen LogP contribution in [0.4, 0.5) is 4.39 Å². The van der Waals surface area contributed by atoms with E-state index in [2.05, 4.69) is 5.32 Å². The summed E-state index contributed by atoms with van der Waals surface area (Å²) in [6, 6.07) is 3.56. The Morgan fingerprint density at radius 2 is 2.14 bits per heavy atom. The molecule has 0 aromatic heterocycles. The molecule has 7 heteroatoms. The predicted molar refractivity (Wildman–Crippen MR) is 82.2 cm³/mol. The number of benzene rings is 1. The van der Waals surface area contributed by atoms with E-state index in [0.29, 0.717) is 12.8 Å². The zero-order chi connectivity index (χ0) is 16.7. The minimum absolute atomic E-state index is 0.0253. The summed E-state index contributed by atoms with van der Waals surface area (Å²) in [7, 11) is 1.52. The van der Waals surface area contributed by atoms with Crippen LogP contribution in [0.3, 0.4) is 0 Å². The summed E-state index contributed by atoms with van der Waals surface area (Å²) in [5.41, 5.74) is 0.239. The van der Waals surface area contributed by atoms with E-state index < -0.39 is 17.8 Å². The first-order valence-corrected chi connectivity index (χ1v) is 7.37. The Morgan fingerprint density at radius 3 is 2.68 bits per heavy atom. The first kappa shape index (κ1) is 18.4. The second kappa shape index (κ2) is 8.70. The van der Waals surface area contributed by atoms with E-state index >= 15 is 0 Å². The van der Waals surface area contributed by atoms with Crippen LogP contribution >= 0.6 is 11.6 Å². The van der Waals surface area contributed by atoms with Crippen molar-refractivity contribution in [2.24, 2.45) is 0 Å². The molecule has 1 amide bonds. The molecule has 0 aliphatic heterocycles. The number of carboxylic acid groups (broad SMARTS) is 1. The molecule has 0 spiro atoms. The van der Waals surface area contributed by atoms with Gasteiger partial charge in [-0.15, -0.1) is 0 Å². The number of likely N-dealkylation sites (N-methyl/N-ethyl adjacent to an activating group) is 1. The Morgan fingerprint density at radius 1 is 1.45 bits per heavy atom. The zero-order valence-electron chi connectivity index (χ0n) is 12.6. The van der Waals surface area contributed by atoms with E-state index in [1.807, 2.05) is 6.92 Å². The maximum absolute atomic E-state index is 13.7. The number of carbonyl (C=O) groups excluding carboxylic acids is 1. The number of amides is 1. The molecule has 1 aromatic carbocycles. The predicted octanol–water partition coefficient (Wildman–Crippen LogP) is 2.28. The average Bonchev–Trinajstić information content (AvgIpc) is 2.46. The zero-order valence-corrected chi connectivity index (χ0v) is 13.4. The van der Waals surface area contributed by atoms with Crippen LogP contribution in [0.25, 0.3) is 0 Å². The number of hydrogen-bond acceptors (Lipinski definition) is 3. The van der Waals surface area contributed by atoms with Gasteiger partial charge in [0, 0.05) is 24.2 Å². The van der Waals surface area contributed by atoms with Gasteiger partial charge in [0.1, 0.15) is 11.9 Å². The van der Waals surface area contributed by atoms with E-state index in [9.17, 15) is 14.0 Å². The lowest BCUT2D eigenvalue weighted by atomic mass is 10.1. The molecule has 0 aliphatic rings. The molecule has 2 N–H and O–H groups in total. The highest BCUT2D eigenvalue weighted by Gasteiger charge is 2.19. The Bertz CT molecular complexity index is 519. The fraction of sp³-hybridized carbons (Fsp3) is 0.467. The molecular weight excluding hydrogens is 311 g/mol. The van der Waals surface area contributed by atoms with Crippen LogP contribution in [0.15, 0.2) is 18.2 Å². The Balaban J connectivity index is 2.60. The molecule has 1 atom stereocenters. The maximum atomic E-state index is 13.7. The van der Waals surface area contributed by atoms with Gasteiger partial charge in [-0.05, 0) is 18.6 Å². The van der Waals surface area contributed by atoms with E-state index in [1.165, 1.54) is 24.1 Å². The monoisotopic (exact) mass is 330 g/mol. The molecule has 0 saturated heterocycles. The minimum Gasteiger partial charge on any atom is -0.480 e. The summed E-state index contributed by atoms with van der Waals surface area (Å²) < 4.78 is 13.7. The summed E-state index contributed by atoms with van der Waals surface area (Å²) in [6.45, 7) is 1.77. The number of nitrogens with one attached hydrogen (secondary N) is 1. The van der Waals surface area contributed by atoms with Crippen molar-refractivity contribution in [2.45, 2.75) is 32.4 Å². The maximum Gasteiger partial charge on any atom is 0.320 e. The summed E-state index contributed by atoms with van der Waals surface area (Å²) in [4.78, 5) is 24.3. The molecular formula is C15H20ClFN2O3. The molecule has 122 valence electrons. The molecule has 22 heavy (non-hydrogen) atoms. The lowest BCUT2D eigenvalue weighted by molar-refractivity contribution is -0.140. The fourth-order valence-corrected chi connectivity index (χ4v) is 2.18. The highest BCUT2D eigenvalue weighted by Crippen LogP contribution is 2.20. The van der Waals surface area contributed by atoms with Crippen molar-refractivity contribution in [3.05, 3.63) is 34.6 Å². The van der Waals surface area contributed by atoms with Crippen LogP contribution < -0.4 is 5.32 Å². The third-order valence-electron chi connectivity index (χ3n) is 3.26. The smallest absolute Gasteiger partial charge is 0.320 e. The SMILES string of the molecule is CCCC(NCC(=O)N(C)Cc1c(F)cccc1Cl)C(=O)O. The van der Waals surface area contributed by atoms with E-state index in [-0.39, 0.29) is 29.6 Å². The summed E-state index contributed by atoms with van der Waals surface area (Å²) in [5, 5.41) is 12.0. The number of carboxylic acids is 1. The second-order valence-electron chi connectivity index (χ2n) is 5.01. The van der Waals surface area contributed by atoms with Crippen molar-refractivity contribution >= 4 is 23.5 Å². The number of carbonyl (C=O) groups is 2. The largest absolute Gasteiger partial charge is 0.480 e. The van der Waals surface area contributed by atoms with E-state index in [4.69, 9.17) is 16.7 Å². The second-order valence-corrected chi connectivity index (χ2v) is 5.42. The third kappa shape index (κ3) is 5.27. The van der Waals surface area contributed by atoms with Crippen LogP contribution in [0.5, 0.6) is 0 Å². The van der Waals surface area contributed by atoms with E-state index in [0.717, 1.165) is 0 Å². The van der Waals surface area contributed by atoms with Crippen molar-refractivity contribution < 1.29 is 19.1 Å². The molecule has 0 fully saturated rings. The van der Waals surface area contributed by atoms with Gasteiger partial charge in [-0.2, -0.15) is 0 Å². The molecule has 1 rings (SSSR count). The summed E-state index contributed by atoms with van der Waals surface area (Å²) in [6.07, 6.45) is 1.13. The van der Waals surface area contributed by atoms with Crippen LogP contribution in [0.2, 0.25) is 5.02 Å². The number of aliphatic carboxylic acids is 1. The summed E-state index contributed by atoms with van der Waals surface area (Å²) in [5.74, 6) is -1.80. The molecule has 1 aromatic rings. The average molecular weight is 331 g/mol. The van der Waals surface area contributed by atoms with Crippen LogP contribution in [-0.4, -0.2) is 41.5 Å². The van der Waals surface area contributed by atoms with Crippen molar-refractivity contribution in [1.29, 1.82) is 0 Å². The normalized spacial score (nSPS) is 12.0. The van der Waals surface area contributed by atoms with Gasteiger partial charge in [-0.1, -0.05) is 31.0 Å². The molecule has 1 unspecified atom stereocenters. The van der Waals surface area contributed by atoms with Gasteiger partial charge >= 0.3 is 5.97 Å². The Hall–Kier alpha value is -1.66. The standard InChI is InChI=1S/C15H20ClFN2O3/c1-3-5-13(15(21)22)18-8-14(20)19(2)9-10-11(16)6-4-7-12(10)17/h4,6-7,13,18H,3,5,8-9H2,1-2H3,(H,21,22). The lowest BCUT2D eigenvalue weighted by Gasteiger charge is -2.20. The van der Waals surface area contributed by atoms with Crippen LogP contribution in [0.1, 0.15) is 25.3 Å². The molecule has 0 radical (unpaired) electrons. The Labute approximate surface area is 134 Å². The number of hydrogen-bond donors (Lipinski definition) is 2. The third-order valence-corrected chi connectivity index (χ3v) is 3.61. The Kier molecular flexibility index (Phi) is 7.27. The van der Waals surface area contributed by atoms with Gasteiger partial charge in [-0.25, -0.2) is 4.39 Å². The van der Waals surface area contributed by atoms with Crippen molar-refractivity contribution in [1.82, 2.24) is 10.2 Å². The number of halogens is 2. The molecule has 5 nitrogen and oxygen atoms in total. The van der Waals surface area contributed by atoms with Gasteiger partial charge in [0.25, 0.3) is 0 Å². The van der Waals surface area contributed by atoms with E-state index in [1.54, 1.807) is 6.07 Å². The number of nitrogens with zero attached hydrogens (tertiary/aromatic N) is 1. The number of rotatable bonds is 8. The lowest BCUT2D eigenvalue weighted by Crippen LogP contribution is -2.43. The molecule has 0 heterocycles. The highest BCUT2D eigenvalue weighted by molar-refractivity contribution is 6.31. The first-order chi connectivity index (χ1) is 10.4. The highest BCUT2D eigenvalue weighted by atomic mass is 35.5. The summed E-state index contributed by atoms with van der Waals surface area (Å²) >= 11 is 5.92. The quantitative estimate of drug-likeness (QED) is 0.767. The topological polar surface area (TPSA) is 69.6 Å². The van der Waals surface area contributed by atoms with Crippen molar-refractivity contribution in [3.63, 3.8) is 0 Å². The molecule has 0 bridgehead atoms. The molecule has 0 aliphatic carbocycles. The van der Waals surface area contributed by atoms with Gasteiger partial charge in [0.05, 0.1) is 6.54 Å². The molecule has 0 saturated carbocycles. The van der Waals surface area contributed by atoms with Crippen LogP contribution in [0, 0.1) is 5.82 Å². The van der Waals surface area contributed by atoms with Gasteiger partial charge in [0.15, 0.2) is 0 Å².